The van der Waals surface area contributed by atoms with Gasteiger partial charge < -0.3 is 4.74 Å². The van der Waals surface area contributed by atoms with E-state index in [0.29, 0.717) is 22.9 Å². The molecule has 1 aliphatic rings. The highest BCUT2D eigenvalue weighted by Crippen LogP contribution is 2.35. The molecule has 0 N–H and O–H groups in total. The number of ether oxygens (including phenoxy) is 1. The van der Waals surface area contributed by atoms with Crippen molar-refractivity contribution in [1.29, 1.82) is 0 Å². The normalized spacial score (nSPS) is 16.0. The fourth-order valence-electron chi connectivity index (χ4n) is 3.46. The molecule has 0 amide bonds. The lowest BCUT2D eigenvalue weighted by Gasteiger charge is -2.17. The van der Waals surface area contributed by atoms with Crippen LogP contribution in [0.25, 0.3) is 11.0 Å². The highest BCUT2D eigenvalue weighted by Gasteiger charge is 2.27. The minimum absolute atomic E-state index is 0.214. The fraction of sp³-hybridized carbons (Fsp3) is 0.611. The van der Waals surface area contributed by atoms with Crippen molar-refractivity contribution in [1.82, 2.24) is 19.1 Å². The van der Waals surface area contributed by atoms with Crippen molar-refractivity contribution in [3.8, 4) is 0 Å². The molecule has 0 radical (unpaired) electrons. The lowest BCUT2D eigenvalue weighted by molar-refractivity contribution is -0.140. The summed E-state index contributed by atoms with van der Waals surface area (Å²) in [5.41, 5.74) is -0.560. The summed E-state index contributed by atoms with van der Waals surface area (Å²) in [4.78, 5) is 46.5. The van der Waals surface area contributed by atoms with Crippen LogP contribution in [0.2, 0.25) is 0 Å². The van der Waals surface area contributed by atoms with Gasteiger partial charge in [0.15, 0.2) is 5.65 Å². The number of esters is 1. The van der Waals surface area contributed by atoms with Gasteiger partial charge in [0.05, 0.1) is 7.11 Å². The lowest BCUT2D eigenvalue weighted by atomic mass is 10.1. The van der Waals surface area contributed by atoms with E-state index in [0.717, 1.165) is 30.3 Å². The van der Waals surface area contributed by atoms with E-state index < -0.39 is 16.5 Å². The van der Waals surface area contributed by atoms with Gasteiger partial charge in [0.25, 0.3) is 5.56 Å². The SMILES string of the molecule is CC[C@@H](Sc1nc(C2CCCC2)nc2c1c(=O)n(C)c(=O)n2C)C(=O)OC. The van der Waals surface area contributed by atoms with Crippen LogP contribution in [0.15, 0.2) is 14.6 Å². The first-order chi connectivity index (χ1) is 12.9. The van der Waals surface area contributed by atoms with Gasteiger partial charge in [-0.15, -0.1) is 0 Å². The van der Waals surface area contributed by atoms with Crippen molar-refractivity contribution >= 4 is 28.8 Å². The van der Waals surface area contributed by atoms with Gasteiger partial charge in [-0.3, -0.25) is 18.7 Å². The molecule has 1 atom stereocenters. The van der Waals surface area contributed by atoms with E-state index in [4.69, 9.17) is 4.74 Å². The molecular weight excluding hydrogens is 368 g/mol. The van der Waals surface area contributed by atoms with Crippen molar-refractivity contribution in [3.63, 3.8) is 0 Å². The first-order valence-corrected chi connectivity index (χ1v) is 9.99. The van der Waals surface area contributed by atoms with Crippen LogP contribution in [0.4, 0.5) is 0 Å². The molecule has 27 heavy (non-hydrogen) atoms. The Kier molecular flexibility index (Phi) is 5.69. The molecule has 1 saturated carbocycles. The smallest absolute Gasteiger partial charge is 0.332 e. The van der Waals surface area contributed by atoms with E-state index in [1.165, 1.54) is 30.5 Å². The van der Waals surface area contributed by atoms with E-state index in [9.17, 15) is 14.4 Å². The van der Waals surface area contributed by atoms with Crippen molar-refractivity contribution in [2.45, 2.75) is 55.2 Å². The van der Waals surface area contributed by atoms with Crippen molar-refractivity contribution < 1.29 is 9.53 Å². The first-order valence-electron chi connectivity index (χ1n) is 9.11. The van der Waals surface area contributed by atoms with Crippen LogP contribution in [0.1, 0.15) is 50.8 Å². The van der Waals surface area contributed by atoms with Gasteiger partial charge >= 0.3 is 11.7 Å². The zero-order valence-electron chi connectivity index (χ0n) is 16.0. The second-order valence-electron chi connectivity index (χ2n) is 6.81. The van der Waals surface area contributed by atoms with Gasteiger partial charge in [-0.1, -0.05) is 31.5 Å². The Balaban J connectivity index is 2.26. The summed E-state index contributed by atoms with van der Waals surface area (Å²) in [6, 6.07) is 0. The maximum atomic E-state index is 12.8. The quantitative estimate of drug-likeness (QED) is 0.434. The number of hydrogen-bond acceptors (Lipinski definition) is 7. The second-order valence-corrected chi connectivity index (χ2v) is 8.00. The van der Waals surface area contributed by atoms with Gasteiger partial charge in [-0.25, -0.2) is 14.8 Å². The number of thioether (sulfide) groups is 1. The number of aryl methyl sites for hydroxylation is 1. The van der Waals surface area contributed by atoms with E-state index in [2.05, 4.69) is 9.97 Å². The summed E-state index contributed by atoms with van der Waals surface area (Å²) in [6.07, 6.45) is 4.74. The van der Waals surface area contributed by atoms with Gasteiger partial charge in [-0.05, 0) is 19.3 Å². The van der Waals surface area contributed by atoms with E-state index in [1.54, 1.807) is 7.05 Å². The molecule has 9 heteroatoms. The molecule has 146 valence electrons. The molecule has 3 rings (SSSR count). The zero-order valence-corrected chi connectivity index (χ0v) is 16.8. The molecule has 0 aromatic carbocycles. The number of carbonyl (C=O) groups excluding carboxylic acids is 1. The van der Waals surface area contributed by atoms with Crippen LogP contribution in [0.5, 0.6) is 0 Å². The van der Waals surface area contributed by atoms with Crippen molar-refractivity contribution in [2.24, 2.45) is 14.1 Å². The van der Waals surface area contributed by atoms with Gasteiger partial charge in [0, 0.05) is 20.0 Å². The number of nitrogens with zero attached hydrogens (tertiary/aromatic N) is 4. The third-order valence-corrected chi connectivity index (χ3v) is 6.42. The van der Waals surface area contributed by atoms with Gasteiger partial charge in [0.2, 0.25) is 0 Å². The maximum absolute atomic E-state index is 12.8. The van der Waals surface area contributed by atoms with E-state index >= 15 is 0 Å². The number of aromatic nitrogens is 4. The van der Waals surface area contributed by atoms with Crippen LogP contribution >= 0.6 is 11.8 Å². The Bertz CT molecular complexity index is 991. The van der Waals surface area contributed by atoms with Crippen LogP contribution in [0, 0.1) is 0 Å². The third kappa shape index (κ3) is 3.52. The molecule has 0 bridgehead atoms. The largest absolute Gasteiger partial charge is 0.468 e. The average molecular weight is 392 g/mol. The number of hydrogen-bond donors (Lipinski definition) is 0. The Hall–Kier alpha value is -2.16. The molecule has 0 aliphatic heterocycles. The summed E-state index contributed by atoms with van der Waals surface area (Å²) >= 11 is 1.21. The van der Waals surface area contributed by atoms with Crippen molar-refractivity contribution in [3.05, 3.63) is 26.7 Å². The Labute approximate surface area is 161 Å². The Morgan fingerprint density at radius 3 is 2.48 bits per heavy atom. The molecule has 2 heterocycles. The highest BCUT2D eigenvalue weighted by molar-refractivity contribution is 8.00. The summed E-state index contributed by atoms with van der Waals surface area (Å²) in [6.45, 7) is 1.88. The Morgan fingerprint density at radius 2 is 1.89 bits per heavy atom. The van der Waals surface area contributed by atoms with Crippen LogP contribution < -0.4 is 11.2 Å². The zero-order chi connectivity index (χ0) is 19.7. The van der Waals surface area contributed by atoms with Crippen LogP contribution in [0.3, 0.4) is 0 Å². The molecule has 0 saturated heterocycles. The summed E-state index contributed by atoms with van der Waals surface area (Å²) in [5.74, 6) is 0.495. The minimum Gasteiger partial charge on any atom is -0.468 e. The van der Waals surface area contributed by atoms with Gasteiger partial charge in [0.1, 0.15) is 21.5 Å². The van der Waals surface area contributed by atoms with Crippen molar-refractivity contribution in [2.75, 3.05) is 7.11 Å². The second kappa shape index (κ2) is 7.84. The first kappa shape index (κ1) is 19.6. The Morgan fingerprint density at radius 1 is 1.22 bits per heavy atom. The predicted molar refractivity (Wildman–Crippen MR) is 103 cm³/mol. The molecule has 8 nitrogen and oxygen atoms in total. The van der Waals surface area contributed by atoms with E-state index in [1.807, 2.05) is 6.92 Å². The maximum Gasteiger partial charge on any atom is 0.332 e. The number of rotatable bonds is 5. The number of fused-ring (bicyclic) bond motifs is 1. The molecule has 1 fully saturated rings. The molecular formula is C18H24N4O4S. The molecule has 0 spiro atoms. The standard InChI is InChI=1S/C18H24N4O4S/c1-5-11(17(24)26-4)27-15-12-14(21(2)18(25)22(3)16(12)23)19-13(20-15)10-8-6-7-9-10/h10-11H,5-9H2,1-4H3/t11-/m1/s1. The summed E-state index contributed by atoms with van der Waals surface area (Å²) < 4.78 is 7.29. The summed E-state index contributed by atoms with van der Waals surface area (Å²) in [5, 5.41) is 0.232. The number of carbonyl (C=O) groups is 1. The van der Waals surface area contributed by atoms with Gasteiger partial charge in [-0.2, -0.15) is 0 Å². The highest BCUT2D eigenvalue weighted by atomic mass is 32.2. The third-order valence-electron chi connectivity index (χ3n) is 5.09. The monoisotopic (exact) mass is 392 g/mol. The van der Waals surface area contributed by atoms with Crippen LogP contribution in [-0.2, 0) is 23.6 Å². The molecule has 0 unspecified atom stereocenters. The molecule has 2 aromatic heterocycles. The fourth-order valence-corrected chi connectivity index (χ4v) is 4.53. The number of methoxy groups -OCH3 is 1. The minimum atomic E-state index is -0.480. The van der Waals surface area contributed by atoms with Crippen LogP contribution in [-0.4, -0.2) is 37.4 Å². The lowest BCUT2D eigenvalue weighted by Crippen LogP contribution is -2.38. The molecule has 1 aliphatic carbocycles. The topological polar surface area (TPSA) is 96.1 Å². The molecule has 2 aromatic rings. The van der Waals surface area contributed by atoms with E-state index in [-0.39, 0.29) is 17.3 Å². The predicted octanol–water partition coefficient (Wildman–Crippen LogP) is 1.73. The summed E-state index contributed by atoms with van der Waals surface area (Å²) in [7, 11) is 4.37. The average Bonchev–Trinajstić information content (AvgIpc) is 3.22.